The van der Waals surface area contributed by atoms with Gasteiger partial charge in [-0.1, -0.05) is 0 Å². The molecule has 2 saturated carbocycles. The maximum absolute atomic E-state index is 5.94. The van der Waals surface area contributed by atoms with Crippen LogP contribution >= 0.6 is 0 Å². The SMILES string of the molecule is N[C@@H](C1CC1)[C@@H](N)C1CC1. The van der Waals surface area contributed by atoms with Crippen LogP contribution in [0.4, 0.5) is 0 Å². The molecule has 2 aliphatic rings. The van der Waals surface area contributed by atoms with E-state index in [2.05, 4.69) is 0 Å². The maximum Gasteiger partial charge on any atom is 0.0223 e. The van der Waals surface area contributed by atoms with Gasteiger partial charge in [-0.25, -0.2) is 0 Å². The van der Waals surface area contributed by atoms with Crippen LogP contribution in [0.3, 0.4) is 0 Å². The van der Waals surface area contributed by atoms with Gasteiger partial charge in [-0.2, -0.15) is 0 Å². The standard InChI is InChI=1S/C8H16N2/c9-7(5-1-2-5)8(10)6-3-4-6/h5-8H,1-4,9-10H2/t7-,8-/m0/s1. The molecule has 2 rings (SSSR count). The summed E-state index contributed by atoms with van der Waals surface area (Å²) in [5.74, 6) is 1.55. The van der Waals surface area contributed by atoms with Crippen molar-refractivity contribution in [2.24, 2.45) is 23.3 Å². The molecular weight excluding hydrogens is 124 g/mol. The van der Waals surface area contributed by atoms with Gasteiger partial charge in [-0.3, -0.25) is 0 Å². The second-order valence-electron chi connectivity index (χ2n) is 3.83. The van der Waals surface area contributed by atoms with E-state index in [1.165, 1.54) is 25.7 Å². The normalized spacial score (nSPS) is 31.8. The van der Waals surface area contributed by atoms with Gasteiger partial charge in [0, 0.05) is 12.1 Å². The van der Waals surface area contributed by atoms with Crippen LogP contribution in [-0.4, -0.2) is 12.1 Å². The zero-order valence-corrected chi connectivity index (χ0v) is 6.29. The lowest BCUT2D eigenvalue weighted by molar-refractivity contribution is 0.439. The van der Waals surface area contributed by atoms with Crippen molar-refractivity contribution in [3.05, 3.63) is 0 Å². The Kier molecular flexibility index (Phi) is 1.46. The number of hydrogen-bond donors (Lipinski definition) is 2. The highest BCUT2D eigenvalue weighted by Gasteiger charge is 2.39. The predicted molar refractivity (Wildman–Crippen MR) is 41.4 cm³/mol. The summed E-state index contributed by atoms with van der Waals surface area (Å²) in [5.41, 5.74) is 11.9. The summed E-state index contributed by atoms with van der Waals surface area (Å²) in [7, 11) is 0. The van der Waals surface area contributed by atoms with Gasteiger partial charge in [0.25, 0.3) is 0 Å². The smallest absolute Gasteiger partial charge is 0.0223 e. The molecule has 0 radical (unpaired) electrons. The Morgan fingerprint density at radius 1 is 0.800 bits per heavy atom. The van der Waals surface area contributed by atoms with Gasteiger partial charge < -0.3 is 11.5 Å². The van der Waals surface area contributed by atoms with Crippen LogP contribution in [0.1, 0.15) is 25.7 Å². The van der Waals surface area contributed by atoms with Crippen molar-refractivity contribution in [3.8, 4) is 0 Å². The summed E-state index contributed by atoms with van der Waals surface area (Å²) in [6, 6.07) is 0.625. The van der Waals surface area contributed by atoms with E-state index in [-0.39, 0.29) is 0 Å². The van der Waals surface area contributed by atoms with Gasteiger partial charge in [0.1, 0.15) is 0 Å². The fourth-order valence-electron chi connectivity index (χ4n) is 1.59. The summed E-state index contributed by atoms with van der Waals surface area (Å²) in [6.07, 6.45) is 5.28. The average molecular weight is 140 g/mol. The quantitative estimate of drug-likeness (QED) is 0.598. The van der Waals surface area contributed by atoms with Crippen LogP contribution in [0, 0.1) is 11.8 Å². The van der Waals surface area contributed by atoms with Crippen molar-refractivity contribution in [3.63, 3.8) is 0 Å². The molecule has 0 saturated heterocycles. The van der Waals surface area contributed by atoms with E-state index in [4.69, 9.17) is 11.5 Å². The molecule has 2 heteroatoms. The average Bonchev–Trinajstić information content (AvgIpc) is 2.73. The van der Waals surface area contributed by atoms with Crippen molar-refractivity contribution in [2.45, 2.75) is 37.8 Å². The highest BCUT2D eigenvalue weighted by molar-refractivity contribution is 4.97. The van der Waals surface area contributed by atoms with E-state index in [1.54, 1.807) is 0 Å². The highest BCUT2D eigenvalue weighted by Crippen LogP contribution is 2.39. The molecule has 0 aromatic heterocycles. The number of hydrogen-bond acceptors (Lipinski definition) is 2. The van der Waals surface area contributed by atoms with Gasteiger partial charge in [-0.15, -0.1) is 0 Å². The Bertz CT molecular complexity index is 111. The Morgan fingerprint density at radius 3 is 1.30 bits per heavy atom. The maximum atomic E-state index is 5.94. The molecular formula is C8H16N2. The first-order valence-corrected chi connectivity index (χ1v) is 4.30. The van der Waals surface area contributed by atoms with Crippen molar-refractivity contribution in [1.82, 2.24) is 0 Å². The van der Waals surface area contributed by atoms with Crippen LogP contribution in [0.25, 0.3) is 0 Å². The monoisotopic (exact) mass is 140 g/mol. The molecule has 2 nitrogen and oxygen atoms in total. The number of rotatable bonds is 3. The van der Waals surface area contributed by atoms with Crippen LogP contribution in [0.5, 0.6) is 0 Å². The van der Waals surface area contributed by atoms with Gasteiger partial charge in [0.05, 0.1) is 0 Å². The molecule has 2 fully saturated rings. The van der Waals surface area contributed by atoms with Crippen molar-refractivity contribution in [2.75, 3.05) is 0 Å². The summed E-state index contributed by atoms with van der Waals surface area (Å²) < 4.78 is 0. The van der Waals surface area contributed by atoms with Gasteiger partial charge >= 0.3 is 0 Å². The minimum atomic E-state index is 0.312. The Labute approximate surface area is 62.0 Å². The van der Waals surface area contributed by atoms with Crippen molar-refractivity contribution >= 4 is 0 Å². The Hall–Kier alpha value is -0.0800. The first-order chi connectivity index (χ1) is 4.79. The lowest BCUT2D eigenvalue weighted by Crippen LogP contribution is -2.44. The minimum absolute atomic E-state index is 0.312. The van der Waals surface area contributed by atoms with E-state index < -0.39 is 0 Å². The first-order valence-electron chi connectivity index (χ1n) is 4.30. The zero-order chi connectivity index (χ0) is 7.14. The summed E-state index contributed by atoms with van der Waals surface area (Å²) in [5, 5.41) is 0. The van der Waals surface area contributed by atoms with Crippen LogP contribution in [0.15, 0.2) is 0 Å². The van der Waals surface area contributed by atoms with Gasteiger partial charge in [0.15, 0.2) is 0 Å². The van der Waals surface area contributed by atoms with Crippen molar-refractivity contribution in [1.29, 1.82) is 0 Å². The molecule has 0 amide bonds. The molecule has 0 aromatic carbocycles. The predicted octanol–water partition coefficient (Wildman–Crippen LogP) is 0.461. The van der Waals surface area contributed by atoms with E-state index in [9.17, 15) is 0 Å². The lowest BCUT2D eigenvalue weighted by Gasteiger charge is -2.18. The second-order valence-corrected chi connectivity index (χ2v) is 3.83. The van der Waals surface area contributed by atoms with Gasteiger partial charge in [-0.05, 0) is 37.5 Å². The zero-order valence-electron chi connectivity index (χ0n) is 6.29. The Balaban J connectivity index is 1.83. The molecule has 0 unspecified atom stereocenters. The molecule has 0 aliphatic heterocycles. The third-order valence-corrected chi connectivity index (χ3v) is 2.78. The molecule has 0 heterocycles. The van der Waals surface area contributed by atoms with E-state index in [0.717, 1.165) is 11.8 Å². The second kappa shape index (κ2) is 2.21. The third kappa shape index (κ3) is 1.18. The fourth-order valence-corrected chi connectivity index (χ4v) is 1.59. The Morgan fingerprint density at radius 2 is 1.10 bits per heavy atom. The van der Waals surface area contributed by atoms with E-state index in [0.29, 0.717) is 12.1 Å². The largest absolute Gasteiger partial charge is 0.326 e. The molecule has 4 N–H and O–H groups in total. The molecule has 10 heavy (non-hydrogen) atoms. The minimum Gasteiger partial charge on any atom is -0.326 e. The lowest BCUT2D eigenvalue weighted by atomic mass is 10.0. The van der Waals surface area contributed by atoms with E-state index in [1.807, 2.05) is 0 Å². The molecule has 58 valence electrons. The van der Waals surface area contributed by atoms with Crippen molar-refractivity contribution < 1.29 is 0 Å². The third-order valence-electron chi connectivity index (χ3n) is 2.78. The number of nitrogens with two attached hydrogens (primary N) is 2. The summed E-state index contributed by atoms with van der Waals surface area (Å²) in [4.78, 5) is 0. The fraction of sp³-hybridized carbons (Fsp3) is 1.00. The van der Waals surface area contributed by atoms with Gasteiger partial charge in [0.2, 0.25) is 0 Å². The molecule has 0 spiro atoms. The van der Waals surface area contributed by atoms with E-state index >= 15 is 0 Å². The molecule has 0 aromatic rings. The summed E-state index contributed by atoms with van der Waals surface area (Å²) >= 11 is 0. The van der Waals surface area contributed by atoms with Crippen LogP contribution < -0.4 is 11.5 Å². The molecule has 2 atom stereocenters. The molecule has 2 aliphatic carbocycles. The first kappa shape index (κ1) is 6.62. The molecule has 0 bridgehead atoms. The summed E-state index contributed by atoms with van der Waals surface area (Å²) in [6.45, 7) is 0. The highest BCUT2D eigenvalue weighted by atomic mass is 14.8. The van der Waals surface area contributed by atoms with Crippen LogP contribution in [-0.2, 0) is 0 Å². The van der Waals surface area contributed by atoms with Crippen LogP contribution in [0.2, 0.25) is 0 Å². The topological polar surface area (TPSA) is 52.0 Å².